The topological polar surface area (TPSA) is 38.8 Å². The lowest BCUT2D eigenvalue weighted by Gasteiger charge is -2.24. The molecule has 0 saturated carbocycles. The molecule has 0 N–H and O–H groups in total. The fourth-order valence-electron chi connectivity index (χ4n) is 3.32. The molecule has 0 bridgehead atoms. The Hall–Kier alpha value is -2.92. The number of ether oxygens (including phenoxy) is 2. The number of rotatable bonds is 6. The molecule has 1 unspecified atom stereocenters. The van der Waals surface area contributed by atoms with Gasteiger partial charge in [0, 0.05) is 17.9 Å². The zero-order chi connectivity index (χ0) is 20.1. The number of methoxy groups -OCH3 is 1. The normalized spacial score (nSPS) is 15.9. The summed E-state index contributed by atoms with van der Waals surface area (Å²) in [6.07, 6.45) is 0. The second-order valence-electron chi connectivity index (χ2n) is 6.79. The van der Waals surface area contributed by atoms with E-state index in [9.17, 15) is 4.79 Å². The van der Waals surface area contributed by atoms with Crippen LogP contribution in [-0.4, -0.2) is 30.2 Å². The SMILES string of the molecule is COc1ccc(C(=O)N2CCSC2c2ccc(OCc3ccccc3)cc2)cc1. The highest BCUT2D eigenvalue weighted by molar-refractivity contribution is 7.99. The van der Waals surface area contributed by atoms with Gasteiger partial charge < -0.3 is 14.4 Å². The third-order valence-corrected chi connectivity index (χ3v) is 6.16. The molecule has 1 amide bonds. The van der Waals surface area contributed by atoms with Crippen molar-refractivity contribution in [3.05, 3.63) is 95.6 Å². The number of hydrogen-bond donors (Lipinski definition) is 0. The van der Waals surface area contributed by atoms with Crippen LogP contribution in [0, 0.1) is 0 Å². The Bertz CT molecular complexity index is 942. The van der Waals surface area contributed by atoms with Crippen molar-refractivity contribution in [2.75, 3.05) is 19.4 Å². The summed E-state index contributed by atoms with van der Waals surface area (Å²) in [5.41, 5.74) is 2.93. The average Bonchev–Trinajstić information content (AvgIpc) is 3.28. The van der Waals surface area contributed by atoms with E-state index in [0.29, 0.717) is 12.2 Å². The van der Waals surface area contributed by atoms with Crippen molar-refractivity contribution < 1.29 is 14.3 Å². The van der Waals surface area contributed by atoms with Crippen LogP contribution in [0.4, 0.5) is 0 Å². The minimum absolute atomic E-state index is 0.0211. The van der Waals surface area contributed by atoms with Gasteiger partial charge in [0.15, 0.2) is 0 Å². The van der Waals surface area contributed by atoms with Gasteiger partial charge in [-0.15, -0.1) is 11.8 Å². The van der Waals surface area contributed by atoms with Crippen LogP contribution in [0.15, 0.2) is 78.9 Å². The number of carbonyl (C=O) groups is 1. The molecule has 1 saturated heterocycles. The molecule has 1 fully saturated rings. The van der Waals surface area contributed by atoms with E-state index < -0.39 is 0 Å². The zero-order valence-electron chi connectivity index (χ0n) is 16.3. The van der Waals surface area contributed by atoms with Crippen LogP contribution >= 0.6 is 11.8 Å². The Morgan fingerprint density at radius 2 is 1.66 bits per heavy atom. The second-order valence-corrected chi connectivity index (χ2v) is 7.98. The summed E-state index contributed by atoms with van der Waals surface area (Å²) >= 11 is 1.79. The first-order valence-electron chi connectivity index (χ1n) is 9.58. The van der Waals surface area contributed by atoms with Gasteiger partial charge in [0.2, 0.25) is 0 Å². The molecule has 1 aliphatic heterocycles. The number of carbonyl (C=O) groups excluding carboxylic acids is 1. The number of hydrogen-bond acceptors (Lipinski definition) is 4. The largest absolute Gasteiger partial charge is 0.497 e. The van der Waals surface area contributed by atoms with Gasteiger partial charge in [0.05, 0.1) is 7.11 Å². The van der Waals surface area contributed by atoms with E-state index in [2.05, 4.69) is 12.1 Å². The Morgan fingerprint density at radius 3 is 2.34 bits per heavy atom. The molecule has 0 aliphatic carbocycles. The molecule has 4 rings (SSSR count). The van der Waals surface area contributed by atoms with Crippen LogP contribution in [0.1, 0.15) is 26.9 Å². The van der Waals surface area contributed by atoms with Gasteiger partial charge >= 0.3 is 0 Å². The molecule has 4 nitrogen and oxygen atoms in total. The molecule has 1 atom stereocenters. The maximum Gasteiger partial charge on any atom is 0.255 e. The molecule has 0 spiro atoms. The van der Waals surface area contributed by atoms with E-state index in [0.717, 1.165) is 34.9 Å². The molecular weight excluding hydrogens is 382 g/mol. The summed E-state index contributed by atoms with van der Waals surface area (Å²) in [5, 5.41) is 0.0211. The smallest absolute Gasteiger partial charge is 0.255 e. The summed E-state index contributed by atoms with van der Waals surface area (Å²) in [6, 6.07) is 25.5. The molecular formula is C24H23NO3S. The van der Waals surface area contributed by atoms with E-state index in [-0.39, 0.29) is 11.3 Å². The average molecular weight is 406 g/mol. The maximum absolute atomic E-state index is 13.0. The predicted molar refractivity (Wildman–Crippen MR) is 116 cm³/mol. The first-order valence-corrected chi connectivity index (χ1v) is 10.6. The van der Waals surface area contributed by atoms with Crippen molar-refractivity contribution in [1.82, 2.24) is 4.90 Å². The van der Waals surface area contributed by atoms with E-state index in [4.69, 9.17) is 9.47 Å². The third-order valence-electron chi connectivity index (χ3n) is 4.90. The Balaban J connectivity index is 1.43. The highest BCUT2D eigenvalue weighted by Gasteiger charge is 2.31. The van der Waals surface area contributed by atoms with Gasteiger partial charge in [0.1, 0.15) is 23.5 Å². The lowest BCUT2D eigenvalue weighted by Crippen LogP contribution is -2.30. The second kappa shape index (κ2) is 9.05. The van der Waals surface area contributed by atoms with Crippen LogP contribution in [-0.2, 0) is 6.61 Å². The minimum atomic E-state index is 0.0211. The number of nitrogens with zero attached hydrogens (tertiary/aromatic N) is 1. The lowest BCUT2D eigenvalue weighted by atomic mass is 10.1. The summed E-state index contributed by atoms with van der Waals surface area (Å²) in [4.78, 5) is 14.9. The third kappa shape index (κ3) is 4.57. The van der Waals surface area contributed by atoms with E-state index in [1.54, 1.807) is 18.9 Å². The first-order chi connectivity index (χ1) is 14.2. The lowest BCUT2D eigenvalue weighted by molar-refractivity contribution is 0.0760. The van der Waals surface area contributed by atoms with Crippen molar-refractivity contribution in [3.63, 3.8) is 0 Å². The van der Waals surface area contributed by atoms with E-state index in [1.165, 1.54) is 0 Å². The zero-order valence-corrected chi connectivity index (χ0v) is 17.1. The quantitative estimate of drug-likeness (QED) is 0.568. The highest BCUT2D eigenvalue weighted by Crippen LogP contribution is 2.39. The fourth-order valence-corrected chi connectivity index (χ4v) is 4.58. The van der Waals surface area contributed by atoms with Crippen molar-refractivity contribution >= 4 is 17.7 Å². The van der Waals surface area contributed by atoms with Gasteiger partial charge in [-0.2, -0.15) is 0 Å². The van der Waals surface area contributed by atoms with E-state index >= 15 is 0 Å². The molecule has 29 heavy (non-hydrogen) atoms. The fraction of sp³-hybridized carbons (Fsp3) is 0.208. The first kappa shape index (κ1) is 19.4. The maximum atomic E-state index is 13.0. The predicted octanol–water partition coefficient (Wildman–Crippen LogP) is 5.16. The van der Waals surface area contributed by atoms with Gasteiger partial charge in [0.25, 0.3) is 5.91 Å². The number of benzene rings is 3. The minimum Gasteiger partial charge on any atom is -0.497 e. The van der Waals surface area contributed by atoms with Crippen LogP contribution < -0.4 is 9.47 Å². The van der Waals surface area contributed by atoms with Gasteiger partial charge in [-0.3, -0.25) is 4.79 Å². The standard InChI is InChI=1S/C24H23NO3S/c1-27-21-11-7-19(8-12-21)23(26)25-15-16-29-24(25)20-9-13-22(14-10-20)28-17-18-5-3-2-4-6-18/h2-14,24H,15-17H2,1H3. The van der Waals surface area contributed by atoms with Crippen molar-refractivity contribution in [2.24, 2.45) is 0 Å². The summed E-state index contributed by atoms with van der Waals surface area (Å²) in [5.74, 6) is 2.56. The molecule has 1 heterocycles. The molecule has 0 aromatic heterocycles. The van der Waals surface area contributed by atoms with Gasteiger partial charge in [-0.1, -0.05) is 42.5 Å². The summed E-state index contributed by atoms with van der Waals surface area (Å²) < 4.78 is 11.1. The van der Waals surface area contributed by atoms with E-state index in [1.807, 2.05) is 71.6 Å². The monoisotopic (exact) mass is 405 g/mol. The van der Waals surface area contributed by atoms with Crippen LogP contribution in [0.25, 0.3) is 0 Å². The van der Waals surface area contributed by atoms with Crippen molar-refractivity contribution in [1.29, 1.82) is 0 Å². The molecule has 0 radical (unpaired) electrons. The van der Waals surface area contributed by atoms with Crippen LogP contribution in [0.3, 0.4) is 0 Å². The van der Waals surface area contributed by atoms with Crippen molar-refractivity contribution in [3.8, 4) is 11.5 Å². The summed E-state index contributed by atoms with van der Waals surface area (Å²) in [6.45, 7) is 1.28. The summed E-state index contributed by atoms with van der Waals surface area (Å²) in [7, 11) is 1.62. The number of amides is 1. The van der Waals surface area contributed by atoms with Gasteiger partial charge in [-0.25, -0.2) is 0 Å². The molecule has 3 aromatic rings. The van der Waals surface area contributed by atoms with Crippen molar-refractivity contribution in [2.45, 2.75) is 12.0 Å². The molecule has 5 heteroatoms. The Kier molecular flexibility index (Phi) is 6.06. The highest BCUT2D eigenvalue weighted by atomic mass is 32.2. The molecule has 148 valence electrons. The van der Waals surface area contributed by atoms with Crippen LogP contribution in [0.5, 0.6) is 11.5 Å². The number of thioether (sulfide) groups is 1. The Morgan fingerprint density at radius 1 is 0.966 bits per heavy atom. The molecule has 3 aromatic carbocycles. The molecule has 1 aliphatic rings. The van der Waals surface area contributed by atoms with Crippen LogP contribution in [0.2, 0.25) is 0 Å². The van der Waals surface area contributed by atoms with Gasteiger partial charge in [-0.05, 0) is 47.5 Å². The Labute approximate surface area is 175 Å².